The molecule has 1 aliphatic rings. The van der Waals surface area contributed by atoms with E-state index in [0.717, 1.165) is 30.3 Å². The molecule has 5 nitrogen and oxygen atoms in total. The summed E-state index contributed by atoms with van der Waals surface area (Å²) in [7, 11) is -5.26. The molecule has 0 aliphatic heterocycles. The van der Waals surface area contributed by atoms with Gasteiger partial charge >= 0.3 is 5.51 Å². The molecule has 1 aliphatic carbocycles. The predicted octanol–water partition coefficient (Wildman–Crippen LogP) is 5.25. The molecule has 1 N–H and O–H groups in total. The van der Waals surface area contributed by atoms with Crippen LogP contribution in [0.2, 0.25) is 0 Å². The van der Waals surface area contributed by atoms with Crippen molar-refractivity contribution in [3.05, 3.63) is 65.5 Å². The molecule has 0 spiro atoms. The largest absolute Gasteiger partial charge is 0.483 e. The molecule has 0 bridgehead atoms. The zero-order valence-electron chi connectivity index (χ0n) is 16.0. The van der Waals surface area contributed by atoms with Crippen LogP contribution in [0.1, 0.15) is 22.8 Å². The average Bonchev–Trinajstić information content (AvgIpc) is 2.95. The monoisotopic (exact) mass is 476 g/mol. The number of fused-ring (bicyclic) bond motifs is 1. The molecule has 0 heterocycles. The van der Waals surface area contributed by atoms with E-state index in [4.69, 9.17) is 10.00 Å². The Morgan fingerprint density at radius 3 is 2.62 bits per heavy atom. The highest BCUT2D eigenvalue weighted by molar-refractivity contribution is 7.94. The molecule has 2 aromatic rings. The summed E-state index contributed by atoms with van der Waals surface area (Å²) >= 11 is 0. The van der Waals surface area contributed by atoms with E-state index < -0.39 is 67.8 Å². The molecule has 0 saturated heterocycles. The normalized spacial score (nSPS) is 18.9. The van der Waals surface area contributed by atoms with Crippen LogP contribution in [0.25, 0.3) is 0 Å². The quantitative estimate of drug-likeness (QED) is 0.472. The molecule has 12 heteroatoms. The second kappa shape index (κ2) is 8.14. The third kappa shape index (κ3) is 4.05. The van der Waals surface area contributed by atoms with E-state index in [1.54, 1.807) is 6.07 Å². The minimum atomic E-state index is -5.44. The molecule has 0 fully saturated rings. The lowest BCUT2D eigenvalue weighted by Gasteiger charge is -2.20. The maximum absolute atomic E-state index is 14.3. The summed E-state index contributed by atoms with van der Waals surface area (Å²) in [6.45, 7) is 2.52. The number of aliphatic hydroxyl groups is 1. The molecule has 2 aromatic carbocycles. The van der Waals surface area contributed by atoms with E-state index in [2.05, 4.69) is 10.9 Å². The summed E-state index contributed by atoms with van der Waals surface area (Å²) in [4.78, 5) is -1.11. The summed E-state index contributed by atoms with van der Waals surface area (Å²) < 4.78 is 105. The Morgan fingerprint density at radius 2 is 2.03 bits per heavy atom. The van der Waals surface area contributed by atoms with Gasteiger partial charge in [0, 0.05) is 23.6 Å². The lowest BCUT2D eigenvalue weighted by Crippen LogP contribution is -2.27. The van der Waals surface area contributed by atoms with Gasteiger partial charge in [-0.15, -0.1) is 6.58 Å². The maximum Gasteiger partial charge on any atom is 0.483 e. The van der Waals surface area contributed by atoms with Crippen LogP contribution >= 0.6 is 0 Å². The minimum Gasteiger partial charge on any atom is -0.457 e. The van der Waals surface area contributed by atoms with Gasteiger partial charge in [-0.05, 0) is 24.3 Å². The van der Waals surface area contributed by atoms with E-state index in [-0.39, 0.29) is 11.3 Å². The number of nitrogens with zero attached hydrogens (tertiary/aromatic N) is 2. The summed E-state index contributed by atoms with van der Waals surface area (Å²) in [5, 5.41) is 19.0. The Balaban J connectivity index is 2.25. The Labute approximate surface area is 178 Å². The molecule has 170 valence electrons. The van der Waals surface area contributed by atoms with Gasteiger partial charge in [-0.1, -0.05) is 6.08 Å². The van der Waals surface area contributed by atoms with Gasteiger partial charge in [-0.2, -0.15) is 18.4 Å². The zero-order chi connectivity index (χ0) is 23.9. The fourth-order valence-corrected chi connectivity index (χ4v) is 4.86. The third-order valence-electron chi connectivity index (χ3n) is 4.59. The number of benzene rings is 2. The van der Waals surface area contributed by atoms with Crippen LogP contribution in [0.15, 0.2) is 52.2 Å². The van der Waals surface area contributed by atoms with Crippen molar-refractivity contribution in [1.82, 2.24) is 0 Å². The van der Waals surface area contributed by atoms with Crippen LogP contribution in [-0.4, -0.2) is 27.3 Å². The van der Waals surface area contributed by atoms with Crippen LogP contribution in [0.4, 0.5) is 26.3 Å². The fourth-order valence-electron chi connectivity index (χ4n) is 3.22. The van der Waals surface area contributed by atoms with Gasteiger partial charge in [-0.3, -0.25) is 0 Å². The lowest BCUT2D eigenvalue weighted by atomic mass is 10.1. The summed E-state index contributed by atoms with van der Waals surface area (Å²) in [6, 6.07) is 5.97. The van der Waals surface area contributed by atoms with Gasteiger partial charge in [0.1, 0.15) is 23.4 Å². The lowest BCUT2D eigenvalue weighted by molar-refractivity contribution is -0.0978. The zero-order valence-corrected chi connectivity index (χ0v) is 16.8. The summed E-state index contributed by atoms with van der Waals surface area (Å²) in [5.41, 5.74) is -7.04. The van der Waals surface area contributed by atoms with Crippen molar-refractivity contribution in [1.29, 1.82) is 5.26 Å². The van der Waals surface area contributed by atoms with Gasteiger partial charge in [0.25, 0.3) is 5.92 Å². The molecule has 3 rings (SSSR count). The van der Waals surface area contributed by atoms with Crippen molar-refractivity contribution >= 4 is 9.73 Å². The van der Waals surface area contributed by atoms with E-state index in [1.807, 2.05) is 0 Å². The first-order valence-electron chi connectivity index (χ1n) is 8.84. The molecule has 0 aromatic heterocycles. The number of hydrogen-bond donors (Lipinski definition) is 1. The Kier molecular flexibility index (Phi) is 6.01. The molecule has 0 amide bonds. The van der Waals surface area contributed by atoms with E-state index in [9.17, 15) is 35.7 Å². The van der Waals surface area contributed by atoms with Crippen LogP contribution in [0.5, 0.6) is 11.5 Å². The van der Waals surface area contributed by atoms with Crippen LogP contribution in [0.3, 0.4) is 0 Å². The minimum absolute atomic E-state index is 0.151. The second-order valence-electron chi connectivity index (χ2n) is 6.76. The summed E-state index contributed by atoms with van der Waals surface area (Å²) in [6.07, 6.45) is -2.98. The van der Waals surface area contributed by atoms with Crippen molar-refractivity contribution in [3.63, 3.8) is 0 Å². The van der Waals surface area contributed by atoms with Gasteiger partial charge < -0.3 is 9.84 Å². The van der Waals surface area contributed by atoms with Gasteiger partial charge in [0.05, 0.1) is 23.1 Å². The van der Waals surface area contributed by atoms with Crippen LogP contribution in [0, 0.1) is 17.1 Å². The molecular formula is C20H14F6N2O3S. The molecule has 0 radical (unpaired) electrons. The van der Waals surface area contributed by atoms with E-state index in [1.165, 1.54) is 0 Å². The van der Waals surface area contributed by atoms with Crippen molar-refractivity contribution in [2.75, 3.05) is 6.54 Å². The Hall–Kier alpha value is -3.04. The first-order chi connectivity index (χ1) is 14.8. The van der Waals surface area contributed by atoms with Crippen molar-refractivity contribution < 1.29 is 40.4 Å². The summed E-state index contributed by atoms with van der Waals surface area (Å²) in [5.74, 6) is -5.46. The van der Waals surface area contributed by atoms with Crippen molar-refractivity contribution in [2.45, 2.75) is 28.9 Å². The molecular weight excluding hydrogens is 462 g/mol. The number of halogens is 6. The second-order valence-corrected chi connectivity index (χ2v) is 8.97. The molecule has 32 heavy (non-hydrogen) atoms. The smallest absolute Gasteiger partial charge is 0.457 e. The Bertz CT molecular complexity index is 1240. The molecule has 1 unspecified atom stereocenters. The van der Waals surface area contributed by atoms with Crippen LogP contribution < -0.4 is 4.74 Å². The fraction of sp³-hybridized carbons (Fsp3) is 0.250. The topological polar surface area (TPSA) is 82.7 Å². The highest BCUT2D eigenvalue weighted by atomic mass is 32.2. The molecule has 2 atom stereocenters. The number of hydrogen-bond acceptors (Lipinski definition) is 5. The number of rotatable bonds is 5. The van der Waals surface area contributed by atoms with Gasteiger partial charge in [0.15, 0.2) is 9.73 Å². The Morgan fingerprint density at radius 1 is 1.34 bits per heavy atom. The van der Waals surface area contributed by atoms with Gasteiger partial charge in [-0.25, -0.2) is 21.7 Å². The van der Waals surface area contributed by atoms with Gasteiger partial charge in [0.2, 0.25) is 0 Å². The first kappa shape index (κ1) is 23.6. The number of ether oxygens (including phenoxy) is 1. The van der Waals surface area contributed by atoms with E-state index in [0.29, 0.717) is 6.07 Å². The number of alkyl halides is 5. The molecule has 0 saturated carbocycles. The SMILES string of the molecule is C=CCN=S(=O)(c1ccc(Oc2cc(F)cc(C#N)c2)c2c1[C@H](O)C(F)(F)C2)C(F)(F)F. The first-order valence-corrected chi connectivity index (χ1v) is 10.4. The van der Waals surface area contributed by atoms with Crippen molar-refractivity contribution in [3.8, 4) is 17.6 Å². The average molecular weight is 476 g/mol. The predicted molar refractivity (Wildman–Crippen MR) is 101 cm³/mol. The number of aliphatic hydroxyl groups excluding tert-OH is 1. The number of nitriles is 1. The van der Waals surface area contributed by atoms with E-state index >= 15 is 0 Å². The maximum atomic E-state index is 14.3. The standard InChI is InChI=1S/C20H14F6N2O3S/c1-2-5-28-32(30,20(24,25)26)16-4-3-15(14-9-19(22,23)18(29)17(14)16)31-13-7-11(10-27)6-12(21)8-13/h2-4,6-8,18,29H,1,5,9H2/t18-,32?/m0/s1. The third-order valence-corrected chi connectivity index (χ3v) is 6.68. The van der Waals surface area contributed by atoms with Crippen LogP contribution in [-0.2, 0) is 16.1 Å². The van der Waals surface area contributed by atoms with Crippen molar-refractivity contribution in [2.24, 2.45) is 4.36 Å². The highest BCUT2D eigenvalue weighted by Crippen LogP contribution is 2.51. The highest BCUT2D eigenvalue weighted by Gasteiger charge is 2.54.